The predicted octanol–water partition coefficient (Wildman–Crippen LogP) is 1.99. The molecule has 142 valence electrons. The Kier molecular flexibility index (Phi) is 6.39. The maximum Gasteiger partial charge on any atom is 0.0603 e. The van der Waals surface area contributed by atoms with E-state index in [4.69, 9.17) is 4.74 Å². The molecule has 0 aromatic heterocycles. The monoisotopic (exact) mass is 363 g/mol. The fourth-order valence-corrected chi connectivity index (χ4v) is 3.92. The van der Waals surface area contributed by atoms with Gasteiger partial charge in [0.05, 0.1) is 26.3 Å². The number of rotatable bonds is 4. The van der Waals surface area contributed by atoms with Gasteiger partial charge in [0, 0.05) is 38.8 Å². The first-order valence-corrected chi connectivity index (χ1v) is 10.1. The molecule has 0 aliphatic carbocycles. The van der Waals surface area contributed by atoms with Crippen molar-refractivity contribution in [2.75, 3.05) is 59.0 Å². The lowest BCUT2D eigenvalue weighted by molar-refractivity contribution is 0.0443. The first kappa shape index (κ1) is 18.5. The smallest absolute Gasteiger partial charge is 0.0603 e. The number of nitrogens with one attached hydrogen (secondary N) is 1. The van der Waals surface area contributed by atoms with E-state index < -0.39 is 0 Å². The average Bonchev–Trinajstić information content (AvgIpc) is 2.72. The number of nitrogens with zero attached hydrogens (tertiary/aromatic N) is 2. The normalized spacial score (nSPS) is 21.7. The third-order valence-corrected chi connectivity index (χ3v) is 5.47. The van der Waals surface area contributed by atoms with Crippen LogP contribution in [0.25, 0.3) is 10.8 Å². The fourth-order valence-electron chi connectivity index (χ4n) is 3.92. The van der Waals surface area contributed by atoms with Crippen molar-refractivity contribution in [2.45, 2.75) is 12.5 Å². The molecule has 0 bridgehead atoms. The van der Waals surface area contributed by atoms with Crippen LogP contribution in [0.15, 0.2) is 42.5 Å². The van der Waals surface area contributed by atoms with E-state index in [1.165, 1.54) is 16.3 Å². The Morgan fingerprint density at radius 1 is 0.926 bits per heavy atom. The number of fused-ring (bicyclic) bond motifs is 1. The third-order valence-electron chi connectivity index (χ3n) is 5.47. The number of ether oxygens (including phenoxy) is 1. The predicted molar refractivity (Wildman–Crippen MR) is 111 cm³/mol. The Balaban J connectivity index is 1.27. The summed E-state index contributed by atoms with van der Waals surface area (Å²) in [6.07, 6.45) is 1.07. The molecule has 2 aliphatic rings. The second kappa shape index (κ2) is 9.34. The number of hydrogen-bond acceptors (Lipinski definition) is 4. The molecule has 4 rings (SSSR count). The van der Waals surface area contributed by atoms with E-state index in [2.05, 4.69) is 69.4 Å². The van der Waals surface area contributed by atoms with Crippen molar-refractivity contribution in [2.24, 2.45) is 0 Å². The second-order valence-electron chi connectivity index (χ2n) is 7.51. The average molecular weight is 364 g/mol. The highest BCUT2D eigenvalue weighted by molar-refractivity contribution is 5.83. The molecule has 2 aliphatic heterocycles. The zero-order valence-electron chi connectivity index (χ0n) is 16.0. The minimum Gasteiger partial charge on any atom is -0.379 e. The van der Waals surface area contributed by atoms with Crippen molar-refractivity contribution in [3.8, 4) is 11.8 Å². The molecule has 0 spiro atoms. The van der Waals surface area contributed by atoms with E-state index in [9.17, 15) is 0 Å². The Hall–Kier alpha value is -1.90. The minimum atomic E-state index is 0.501. The number of morpholine rings is 1. The molecular weight excluding hydrogens is 334 g/mol. The van der Waals surface area contributed by atoms with E-state index >= 15 is 0 Å². The Bertz CT molecular complexity index is 804. The van der Waals surface area contributed by atoms with E-state index in [1.807, 2.05) is 0 Å². The van der Waals surface area contributed by atoms with Crippen LogP contribution in [-0.2, 0) is 11.2 Å². The summed E-state index contributed by atoms with van der Waals surface area (Å²) in [6.45, 7) is 8.65. The van der Waals surface area contributed by atoms with Crippen molar-refractivity contribution in [1.82, 2.24) is 15.1 Å². The fraction of sp³-hybridized carbons (Fsp3) is 0.478. The first-order chi connectivity index (χ1) is 13.4. The summed E-state index contributed by atoms with van der Waals surface area (Å²) in [5.74, 6) is 6.72. The summed E-state index contributed by atoms with van der Waals surface area (Å²) in [7, 11) is 0. The summed E-state index contributed by atoms with van der Waals surface area (Å²) < 4.78 is 5.38. The lowest BCUT2D eigenvalue weighted by Gasteiger charge is -2.32. The molecule has 2 fully saturated rings. The molecule has 4 heteroatoms. The first-order valence-electron chi connectivity index (χ1n) is 10.1. The van der Waals surface area contributed by atoms with Crippen LogP contribution >= 0.6 is 0 Å². The summed E-state index contributed by atoms with van der Waals surface area (Å²) in [4.78, 5) is 4.85. The van der Waals surface area contributed by atoms with Crippen LogP contribution in [-0.4, -0.2) is 74.9 Å². The topological polar surface area (TPSA) is 27.7 Å². The van der Waals surface area contributed by atoms with Gasteiger partial charge in [0.1, 0.15) is 0 Å². The minimum absolute atomic E-state index is 0.501. The van der Waals surface area contributed by atoms with Crippen LogP contribution in [0.2, 0.25) is 0 Å². The molecule has 4 nitrogen and oxygen atoms in total. The lowest BCUT2D eigenvalue weighted by Crippen LogP contribution is -2.51. The van der Waals surface area contributed by atoms with Gasteiger partial charge in [-0.15, -0.1) is 0 Å². The van der Waals surface area contributed by atoms with Gasteiger partial charge in [-0.3, -0.25) is 9.80 Å². The molecule has 1 N–H and O–H groups in total. The van der Waals surface area contributed by atoms with Crippen molar-refractivity contribution in [3.63, 3.8) is 0 Å². The van der Waals surface area contributed by atoms with Crippen LogP contribution in [0, 0.1) is 11.8 Å². The number of benzene rings is 2. The third kappa shape index (κ3) is 5.31. The molecule has 2 heterocycles. The summed E-state index contributed by atoms with van der Waals surface area (Å²) in [5.41, 5.74) is 1.41. The van der Waals surface area contributed by atoms with Crippen LogP contribution in [0.3, 0.4) is 0 Å². The Morgan fingerprint density at radius 2 is 1.70 bits per heavy atom. The van der Waals surface area contributed by atoms with Gasteiger partial charge >= 0.3 is 0 Å². The van der Waals surface area contributed by atoms with Gasteiger partial charge in [0.2, 0.25) is 0 Å². The summed E-state index contributed by atoms with van der Waals surface area (Å²) >= 11 is 0. The van der Waals surface area contributed by atoms with Crippen LogP contribution in [0.5, 0.6) is 0 Å². The molecule has 0 radical (unpaired) electrons. The number of hydrogen-bond donors (Lipinski definition) is 1. The molecule has 1 atom stereocenters. The summed E-state index contributed by atoms with van der Waals surface area (Å²) in [5, 5.41) is 6.32. The number of piperazine rings is 1. The molecule has 27 heavy (non-hydrogen) atoms. The van der Waals surface area contributed by atoms with Gasteiger partial charge < -0.3 is 10.1 Å². The molecule has 2 aromatic carbocycles. The van der Waals surface area contributed by atoms with Gasteiger partial charge in [-0.2, -0.15) is 0 Å². The highest BCUT2D eigenvalue weighted by Crippen LogP contribution is 2.17. The van der Waals surface area contributed by atoms with Gasteiger partial charge in [-0.1, -0.05) is 54.3 Å². The van der Waals surface area contributed by atoms with Crippen LogP contribution in [0.1, 0.15) is 5.56 Å². The maximum absolute atomic E-state index is 5.38. The van der Waals surface area contributed by atoms with Crippen molar-refractivity contribution in [1.29, 1.82) is 0 Å². The Morgan fingerprint density at radius 3 is 2.56 bits per heavy atom. The highest BCUT2D eigenvalue weighted by atomic mass is 16.5. The summed E-state index contributed by atoms with van der Waals surface area (Å²) in [6, 6.07) is 15.9. The molecule has 0 amide bonds. The quantitative estimate of drug-likeness (QED) is 0.841. The van der Waals surface area contributed by atoms with Crippen LogP contribution in [0.4, 0.5) is 0 Å². The van der Waals surface area contributed by atoms with E-state index in [0.717, 1.165) is 65.4 Å². The molecule has 2 saturated heterocycles. The van der Waals surface area contributed by atoms with Crippen molar-refractivity contribution < 1.29 is 4.74 Å². The van der Waals surface area contributed by atoms with E-state index in [0.29, 0.717) is 6.04 Å². The molecule has 0 saturated carbocycles. The largest absolute Gasteiger partial charge is 0.379 e. The lowest BCUT2D eigenvalue weighted by atomic mass is 10.0. The zero-order chi connectivity index (χ0) is 18.3. The van der Waals surface area contributed by atoms with Crippen molar-refractivity contribution >= 4 is 10.8 Å². The van der Waals surface area contributed by atoms with Crippen molar-refractivity contribution in [3.05, 3.63) is 48.0 Å². The molecular formula is C23H29N3O. The van der Waals surface area contributed by atoms with E-state index in [-0.39, 0.29) is 0 Å². The molecule has 2 aromatic rings. The zero-order valence-corrected chi connectivity index (χ0v) is 16.0. The standard InChI is InChI=1S/C23H29N3O/c1-2-6-22-17-20(7-8-21(22)5-1)18-23-19-26(12-9-24-23)11-4-3-10-25-13-15-27-16-14-25/h1-2,5-8,17,23-24H,9-16,18-19H2. The van der Waals surface area contributed by atoms with Gasteiger partial charge in [-0.05, 0) is 22.8 Å². The van der Waals surface area contributed by atoms with Gasteiger partial charge in [0.25, 0.3) is 0 Å². The highest BCUT2D eigenvalue weighted by Gasteiger charge is 2.18. The van der Waals surface area contributed by atoms with E-state index in [1.54, 1.807) is 0 Å². The second-order valence-corrected chi connectivity index (χ2v) is 7.51. The molecule has 1 unspecified atom stereocenters. The Labute approximate surface area is 162 Å². The maximum atomic E-state index is 5.38. The van der Waals surface area contributed by atoms with Gasteiger partial charge in [0.15, 0.2) is 0 Å². The van der Waals surface area contributed by atoms with Gasteiger partial charge in [-0.25, -0.2) is 0 Å². The SMILES string of the molecule is C(#CCN1CCNC(Cc2ccc3ccccc3c2)C1)CN1CCOCC1. The van der Waals surface area contributed by atoms with Crippen LogP contribution < -0.4 is 5.32 Å².